The van der Waals surface area contributed by atoms with Crippen LogP contribution in [0.1, 0.15) is 37.5 Å². The van der Waals surface area contributed by atoms with Gasteiger partial charge < -0.3 is 4.52 Å². The van der Waals surface area contributed by atoms with E-state index in [1.165, 1.54) is 0 Å². The average Bonchev–Trinajstić information content (AvgIpc) is 2.83. The van der Waals surface area contributed by atoms with Crippen LogP contribution in [0.4, 0.5) is 0 Å². The van der Waals surface area contributed by atoms with E-state index < -0.39 is 0 Å². The fraction of sp³-hybridized carbons (Fsp3) is 0.786. The third-order valence-corrected chi connectivity index (χ3v) is 5.27. The molecule has 3 saturated heterocycles. The first-order chi connectivity index (χ1) is 9.61. The summed E-state index contributed by atoms with van der Waals surface area (Å²) in [4.78, 5) is 9.51. The molecule has 0 amide bonds. The number of piperazine rings is 3. The van der Waals surface area contributed by atoms with Crippen LogP contribution in [0.2, 0.25) is 0 Å². The Kier molecular flexibility index (Phi) is 2.48. The van der Waals surface area contributed by atoms with E-state index in [9.17, 15) is 0 Å². The molecule has 0 radical (unpaired) electrons. The first-order valence-corrected chi connectivity index (χ1v) is 7.31. The van der Waals surface area contributed by atoms with E-state index in [1.54, 1.807) is 0 Å². The highest BCUT2D eigenvalue weighted by Gasteiger charge is 2.62. The number of fused-ring (bicyclic) bond motifs is 3. The molecular formula is C14H19N5O. The second-order valence-corrected chi connectivity index (χ2v) is 6.75. The van der Waals surface area contributed by atoms with Crippen LogP contribution < -0.4 is 0 Å². The van der Waals surface area contributed by atoms with Crippen molar-refractivity contribution in [2.24, 2.45) is 11.3 Å². The van der Waals surface area contributed by atoms with Gasteiger partial charge in [-0.15, -0.1) is 0 Å². The highest BCUT2D eigenvalue weighted by atomic mass is 16.5. The molecule has 1 saturated carbocycles. The fourth-order valence-electron chi connectivity index (χ4n) is 3.71. The first kappa shape index (κ1) is 12.3. The van der Waals surface area contributed by atoms with Crippen molar-refractivity contribution in [1.82, 2.24) is 19.9 Å². The molecule has 1 aromatic heterocycles. The maximum absolute atomic E-state index is 9.16. The molecule has 20 heavy (non-hydrogen) atoms. The molecule has 2 bridgehead atoms. The minimum atomic E-state index is -0.0338. The summed E-state index contributed by atoms with van der Waals surface area (Å²) in [5, 5.41) is 13.4. The van der Waals surface area contributed by atoms with Gasteiger partial charge in [-0.25, -0.2) is 0 Å². The first-order valence-electron chi connectivity index (χ1n) is 7.31. The van der Waals surface area contributed by atoms with E-state index >= 15 is 0 Å². The molecule has 0 N–H and O–H groups in total. The van der Waals surface area contributed by atoms with E-state index in [0.717, 1.165) is 38.5 Å². The van der Waals surface area contributed by atoms with Crippen LogP contribution in [0, 0.1) is 22.7 Å². The smallest absolute Gasteiger partial charge is 0.231 e. The zero-order chi connectivity index (χ0) is 13.9. The van der Waals surface area contributed by atoms with Crippen LogP contribution in [0.5, 0.6) is 0 Å². The predicted octanol–water partition coefficient (Wildman–Crippen LogP) is 1.01. The molecule has 106 valence electrons. The van der Waals surface area contributed by atoms with Gasteiger partial charge in [-0.3, -0.25) is 9.80 Å². The van der Waals surface area contributed by atoms with Gasteiger partial charge in [0.15, 0.2) is 5.82 Å². The molecule has 3 unspecified atom stereocenters. The molecule has 4 heterocycles. The van der Waals surface area contributed by atoms with E-state index in [1.807, 2.05) is 0 Å². The molecule has 6 heteroatoms. The number of hydrogen-bond acceptors (Lipinski definition) is 6. The summed E-state index contributed by atoms with van der Waals surface area (Å²) >= 11 is 0. The maximum Gasteiger partial charge on any atom is 0.231 e. The quantitative estimate of drug-likeness (QED) is 0.801. The van der Waals surface area contributed by atoms with E-state index in [0.29, 0.717) is 5.89 Å². The van der Waals surface area contributed by atoms with Crippen LogP contribution in [-0.4, -0.2) is 52.7 Å². The number of nitrogens with zero attached hydrogens (tertiary/aromatic N) is 5. The van der Waals surface area contributed by atoms with Crippen molar-refractivity contribution in [3.05, 3.63) is 11.7 Å². The Morgan fingerprint density at radius 2 is 2.05 bits per heavy atom. The molecule has 4 aliphatic rings. The minimum Gasteiger partial charge on any atom is -0.339 e. The summed E-state index contributed by atoms with van der Waals surface area (Å²) in [6, 6.07) is 2.61. The van der Waals surface area contributed by atoms with Crippen molar-refractivity contribution in [3.8, 4) is 6.07 Å². The van der Waals surface area contributed by atoms with Gasteiger partial charge in [0.2, 0.25) is 5.89 Å². The Hall–Kier alpha value is -1.45. The Labute approximate surface area is 118 Å². The SMILES string of the molecule is CC1(C)C(C#N)C1c1nc(C2CN3CCN2CC3)no1. The lowest BCUT2D eigenvalue weighted by atomic mass is 10.1. The Balaban J connectivity index is 1.56. The van der Waals surface area contributed by atoms with Crippen molar-refractivity contribution >= 4 is 0 Å². The molecule has 3 atom stereocenters. The van der Waals surface area contributed by atoms with Crippen LogP contribution in [0.3, 0.4) is 0 Å². The topological polar surface area (TPSA) is 69.2 Å². The van der Waals surface area contributed by atoms with E-state index in [2.05, 4.69) is 39.9 Å². The monoisotopic (exact) mass is 273 g/mol. The van der Waals surface area contributed by atoms with Gasteiger partial charge in [0, 0.05) is 32.7 Å². The number of hydrogen-bond donors (Lipinski definition) is 0. The summed E-state index contributed by atoms with van der Waals surface area (Å²) < 4.78 is 5.46. The van der Waals surface area contributed by atoms with Crippen molar-refractivity contribution < 1.29 is 4.52 Å². The zero-order valence-electron chi connectivity index (χ0n) is 11.9. The second-order valence-electron chi connectivity index (χ2n) is 6.75. The number of nitriles is 1. The van der Waals surface area contributed by atoms with Crippen LogP contribution in [0.25, 0.3) is 0 Å². The molecule has 5 rings (SSSR count). The summed E-state index contributed by atoms with van der Waals surface area (Å²) in [7, 11) is 0. The molecule has 1 aromatic rings. The lowest BCUT2D eigenvalue weighted by Crippen LogP contribution is -2.57. The highest BCUT2D eigenvalue weighted by molar-refractivity contribution is 5.26. The summed E-state index contributed by atoms with van der Waals surface area (Å²) in [5.74, 6) is 1.55. The summed E-state index contributed by atoms with van der Waals surface area (Å²) in [6.45, 7) is 9.64. The molecule has 4 fully saturated rings. The maximum atomic E-state index is 9.16. The summed E-state index contributed by atoms with van der Waals surface area (Å²) in [5.41, 5.74) is -0.0338. The molecule has 0 aromatic carbocycles. The predicted molar refractivity (Wildman–Crippen MR) is 70.7 cm³/mol. The van der Waals surface area contributed by atoms with Gasteiger partial charge in [0.25, 0.3) is 0 Å². The van der Waals surface area contributed by atoms with Gasteiger partial charge in [0.1, 0.15) is 0 Å². The largest absolute Gasteiger partial charge is 0.339 e. The van der Waals surface area contributed by atoms with Crippen LogP contribution >= 0.6 is 0 Å². The van der Waals surface area contributed by atoms with Crippen molar-refractivity contribution in [2.75, 3.05) is 32.7 Å². The van der Waals surface area contributed by atoms with Gasteiger partial charge in [0.05, 0.1) is 23.9 Å². The van der Waals surface area contributed by atoms with Crippen molar-refractivity contribution in [2.45, 2.75) is 25.8 Å². The molecular weight excluding hydrogens is 254 g/mol. The third kappa shape index (κ3) is 1.63. The minimum absolute atomic E-state index is 0.00247. The Morgan fingerprint density at radius 3 is 2.60 bits per heavy atom. The van der Waals surface area contributed by atoms with Gasteiger partial charge in [-0.05, 0) is 5.41 Å². The normalized spacial score (nSPS) is 41.4. The van der Waals surface area contributed by atoms with Gasteiger partial charge in [-0.2, -0.15) is 10.2 Å². The standard InChI is InChI=1S/C14H19N5O/c1-14(2)9(7-15)11(14)13-16-12(17-20-13)10-8-18-3-5-19(10)6-4-18/h9-11H,3-6,8H2,1-2H3. The number of rotatable bonds is 2. The summed E-state index contributed by atoms with van der Waals surface area (Å²) in [6.07, 6.45) is 0. The van der Waals surface area contributed by atoms with Crippen LogP contribution in [-0.2, 0) is 0 Å². The van der Waals surface area contributed by atoms with E-state index in [-0.39, 0.29) is 23.3 Å². The van der Waals surface area contributed by atoms with Gasteiger partial charge >= 0.3 is 0 Å². The molecule has 6 nitrogen and oxygen atoms in total. The molecule has 0 spiro atoms. The highest BCUT2D eigenvalue weighted by Crippen LogP contribution is 2.63. The molecule has 1 aliphatic carbocycles. The fourth-order valence-corrected chi connectivity index (χ4v) is 3.71. The zero-order valence-corrected chi connectivity index (χ0v) is 11.9. The molecule has 3 aliphatic heterocycles. The van der Waals surface area contributed by atoms with Crippen molar-refractivity contribution in [3.63, 3.8) is 0 Å². The average molecular weight is 273 g/mol. The van der Waals surface area contributed by atoms with Gasteiger partial charge in [-0.1, -0.05) is 19.0 Å². The Bertz CT molecular complexity index is 566. The van der Waals surface area contributed by atoms with E-state index in [4.69, 9.17) is 9.78 Å². The third-order valence-electron chi connectivity index (χ3n) is 5.27. The van der Waals surface area contributed by atoms with Crippen molar-refractivity contribution in [1.29, 1.82) is 5.26 Å². The lowest BCUT2D eigenvalue weighted by molar-refractivity contribution is 0.00781. The Morgan fingerprint density at radius 1 is 1.30 bits per heavy atom. The number of aromatic nitrogens is 2. The lowest BCUT2D eigenvalue weighted by Gasteiger charge is -2.46. The van der Waals surface area contributed by atoms with Crippen LogP contribution in [0.15, 0.2) is 4.52 Å². The second kappa shape index (κ2) is 4.03.